The molecule has 1 rings (SSSR count). The molecule has 0 atom stereocenters. The highest BCUT2D eigenvalue weighted by molar-refractivity contribution is 5.10. The van der Waals surface area contributed by atoms with Crippen molar-refractivity contribution in [2.45, 2.75) is 58.9 Å². The van der Waals surface area contributed by atoms with Crippen molar-refractivity contribution in [2.24, 2.45) is 5.73 Å². The molecule has 0 aliphatic rings. The highest BCUT2D eigenvalue weighted by Crippen LogP contribution is 2.10. The van der Waals surface area contributed by atoms with E-state index in [1.807, 2.05) is 20.8 Å². The van der Waals surface area contributed by atoms with Gasteiger partial charge < -0.3 is 5.73 Å². The van der Waals surface area contributed by atoms with Crippen LogP contribution in [0.5, 0.6) is 0 Å². The molecule has 16 heavy (non-hydrogen) atoms. The van der Waals surface area contributed by atoms with Crippen molar-refractivity contribution in [1.29, 1.82) is 0 Å². The van der Waals surface area contributed by atoms with Gasteiger partial charge in [-0.25, -0.2) is 9.97 Å². The highest BCUT2D eigenvalue weighted by atomic mass is 14.9. The van der Waals surface area contributed by atoms with Crippen molar-refractivity contribution < 1.29 is 0 Å². The molecule has 0 spiro atoms. The van der Waals surface area contributed by atoms with Gasteiger partial charge in [-0.2, -0.15) is 0 Å². The van der Waals surface area contributed by atoms with E-state index in [0.29, 0.717) is 0 Å². The number of hydrogen-bond donors (Lipinski definition) is 1. The minimum Gasteiger partial charge on any atom is -0.326 e. The molecule has 0 aromatic carbocycles. The van der Waals surface area contributed by atoms with Crippen LogP contribution in [0.15, 0.2) is 6.07 Å². The Hall–Kier alpha value is -0.960. The summed E-state index contributed by atoms with van der Waals surface area (Å²) in [4.78, 5) is 9.01. The first kappa shape index (κ1) is 13.1. The molecule has 1 heterocycles. The van der Waals surface area contributed by atoms with Gasteiger partial charge in [0.15, 0.2) is 0 Å². The molecular weight excluding hydrogens is 198 g/mol. The molecule has 0 aliphatic heterocycles. The van der Waals surface area contributed by atoms with Crippen LogP contribution in [0, 0.1) is 6.92 Å². The van der Waals surface area contributed by atoms with Crippen molar-refractivity contribution >= 4 is 0 Å². The molecule has 3 nitrogen and oxygen atoms in total. The number of rotatable bonds is 5. The lowest BCUT2D eigenvalue weighted by Crippen LogP contribution is -2.32. The number of nitrogens with zero attached hydrogens (tertiary/aromatic N) is 2. The standard InChI is InChI=1S/C13H23N3/c1-5-6-11-9-10(2)15-12(16-11)7-8-13(3,4)14/h9H,5-8,14H2,1-4H3. The van der Waals surface area contributed by atoms with Gasteiger partial charge in [0.2, 0.25) is 0 Å². The number of hydrogen-bond acceptors (Lipinski definition) is 3. The van der Waals surface area contributed by atoms with Gasteiger partial charge in [0, 0.05) is 23.3 Å². The van der Waals surface area contributed by atoms with Gasteiger partial charge in [-0.1, -0.05) is 13.3 Å². The molecule has 0 fully saturated rings. The zero-order valence-corrected chi connectivity index (χ0v) is 10.9. The Morgan fingerprint density at radius 1 is 1.25 bits per heavy atom. The Balaban J connectivity index is 2.72. The second-order valence-corrected chi connectivity index (χ2v) is 5.16. The van der Waals surface area contributed by atoms with E-state index in [1.54, 1.807) is 0 Å². The topological polar surface area (TPSA) is 51.8 Å². The molecule has 3 heteroatoms. The molecule has 1 aromatic rings. The summed E-state index contributed by atoms with van der Waals surface area (Å²) < 4.78 is 0. The summed E-state index contributed by atoms with van der Waals surface area (Å²) in [5.41, 5.74) is 8.03. The van der Waals surface area contributed by atoms with Crippen molar-refractivity contribution in [3.63, 3.8) is 0 Å². The second-order valence-electron chi connectivity index (χ2n) is 5.16. The van der Waals surface area contributed by atoms with Gasteiger partial charge in [-0.05, 0) is 39.7 Å². The van der Waals surface area contributed by atoms with Crippen LogP contribution in [-0.4, -0.2) is 15.5 Å². The SMILES string of the molecule is CCCc1cc(C)nc(CCC(C)(C)N)n1. The van der Waals surface area contributed by atoms with E-state index in [0.717, 1.165) is 42.9 Å². The lowest BCUT2D eigenvalue weighted by molar-refractivity contribution is 0.470. The Bertz CT molecular complexity index is 340. The summed E-state index contributed by atoms with van der Waals surface area (Å²) in [5, 5.41) is 0. The Kier molecular flexibility index (Phi) is 4.42. The molecule has 0 unspecified atom stereocenters. The average Bonchev–Trinajstić information content (AvgIpc) is 2.13. The Morgan fingerprint density at radius 3 is 2.50 bits per heavy atom. The molecule has 0 aliphatic carbocycles. The van der Waals surface area contributed by atoms with Gasteiger partial charge >= 0.3 is 0 Å². The summed E-state index contributed by atoms with van der Waals surface area (Å²) in [7, 11) is 0. The number of aromatic nitrogens is 2. The van der Waals surface area contributed by atoms with Crippen LogP contribution in [0.1, 0.15) is 50.8 Å². The Morgan fingerprint density at radius 2 is 1.94 bits per heavy atom. The molecule has 0 saturated carbocycles. The van der Waals surface area contributed by atoms with Gasteiger partial charge in [-0.3, -0.25) is 0 Å². The van der Waals surface area contributed by atoms with E-state index in [2.05, 4.69) is 23.0 Å². The maximum atomic E-state index is 5.96. The lowest BCUT2D eigenvalue weighted by atomic mass is 10.00. The quantitative estimate of drug-likeness (QED) is 0.830. The molecule has 0 radical (unpaired) electrons. The van der Waals surface area contributed by atoms with Gasteiger partial charge in [0.05, 0.1) is 0 Å². The van der Waals surface area contributed by atoms with E-state index in [4.69, 9.17) is 5.73 Å². The second kappa shape index (κ2) is 5.39. The van der Waals surface area contributed by atoms with Crippen molar-refractivity contribution in [1.82, 2.24) is 9.97 Å². The smallest absolute Gasteiger partial charge is 0.128 e. The fourth-order valence-corrected chi connectivity index (χ4v) is 1.63. The first-order chi connectivity index (χ1) is 7.40. The maximum absolute atomic E-state index is 5.96. The van der Waals surface area contributed by atoms with Crippen molar-refractivity contribution in [3.8, 4) is 0 Å². The third-order valence-electron chi connectivity index (χ3n) is 2.45. The van der Waals surface area contributed by atoms with E-state index in [9.17, 15) is 0 Å². The third kappa shape index (κ3) is 4.71. The molecule has 1 aromatic heterocycles. The fraction of sp³-hybridized carbons (Fsp3) is 0.692. The Labute approximate surface area is 98.5 Å². The van der Waals surface area contributed by atoms with Crippen LogP contribution in [0.3, 0.4) is 0 Å². The van der Waals surface area contributed by atoms with Crippen LogP contribution < -0.4 is 5.73 Å². The third-order valence-corrected chi connectivity index (χ3v) is 2.45. The van der Waals surface area contributed by atoms with Crippen molar-refractivity contribution in [2.75, 3.05) is 0 Å². The van der Waals surface area contributed by atoms with Crippen LogP contribution in [0.2, 0.25) is 0 Å². The van der Waals surface area contributed by atoms with Crippen LogP contribution in [-0.2, 0) is 12.8 Å². The molecule has 0 bridgehead atoms. The lowest BCUT2D eigenvalue weighted by Gasteiger charge is -2.17. The summed E-state index contributed by atoms with van der Waals surface area (Å²) in [6.07, 6.45) is 3.94. The minimum absolute atomic E-state index is 0.141. The highest BCUT2D eigenvalue weighted by Gasteiger charge is 2.12. The summed E-state index contributed by atoms with van der Waals surface area (Å²) >= 11 is 0. The number of nitrogens with two attached hydrogens (primary N) is 1. The zero-order chi connectivity index (χ0) is 12.2. The summed E-state index contributed by atoms with van der Waals surface area (Å²) in [6, 6.07) is 2.07. The minimum atomic E-state index is -0.141. The molecule has 2 N–H and O–H groups in total. The van der Waals surface area contributed by atoms with E-state index in [1.165, 1.54) is 0 Å². The number of aryl methyl sites for hydroxylation is 3. The van der Waals surface area contributed by atoms with Crippen LogP contribution in [0.4, 0.5) is 0 Å². The average molecular weight is 221 g/mol. The molecule has 90 valence electrons. The van der Waals surface area contributed by atoms with E-state index < -0.39 is 0 Å². The van der Waals surface area contributed by atoms with Crippen LogP contribution in [0.25, 0.3) is 0 Å². The molecular formula is C13H23N3. The summed E-state index contributed by atoms with van der Waals surface area (Å²) in [5.74, 6) is 0.932. The van der Waals surface area contributed by atoms with Gasteiger partial charge in [-0.15, -0.1) is 0 Å². The largest absolute Gasteiger partial charge is 0.326 e. The van der Waals surface area contributed by atoms with E-state index in [-0.39, 0.29) is 5.54 Å². The van der Waals surface area contributed by atoms with Crippen molar-refractivity contribution in [3.05, 3.63) is 23.3 Å². The van der Waals surface area contributed by atoms with E-state index >= 15 is 0 Å². The fourth-order valence-electron chi connectivity index (χ4n) is 1.63. The van der Waals surface area contributed by atoms with Gasteiger partial charge in [0.25, 0.3) is 0 Å². The van der Waals surface area contributed by atoms with Gasteiger partial charge in [0.1, 0.15) is 5.82 Å². The summed E-state index contributed by atoms with van der Waals surface area (Å²) in [6.45, 7) is 8.27. The predicted molar refractivity (Wildman–Crippen MR) is 67.4 cm³/mol. The molecule has 0 amide bonds. The normalized spacial score (nSPS) is 11.8. The first-order valence-corrected chi connectivity index (χ1v) is 6.03. The van der Waals surface area contributed by atoms with Crippen LogP contribution >= 0.6 is 0 Å². The first-order valence-electron chi connectivity index (χ1n) is 6.03. The maximum Gasteiger partial charge on any atom is 0.128 e. The zero-order valence-electron chi connectivity index (χ0n) is 10.9. The molecule has 0 saturated heterocycles. The predicted octanol–water partition coefficient (Wildman–Crippen LogP) is 2.41. The monoisotopic (exact) mass is 221 g/mol.